The number of carbonyl (C=O) groups excluding carboxylic acids is 2. The first kappa shape index (κ1) is 19.6. The van der Waals surface area contributed by atoms with Crippen LogP contribution in [-0.2, 0) is 11.2 Å². The predicted octanol–water partition coefficient (Wildman–Crippen LogP) is 2.66. The summed E-state index contributed by atoms with van der Waals surface area (Å²) < 4.78 is 0. The summed E-state index contributed by atoms with van der Waals surface area (Å²) in [6.07, 6.45) is 3.00. The first-order chi connectivity index (χ1) is 14.2. The van der Waals surface area contributed by atoms with Crippen LogP contribution in [0.15, 0.2) is 54.6 Å². The van der Waals surface area contributed by atoms with E-state index in [4.69, 9.17) is 0 Å². The van der Waals surface area contributed by atoms with E-state index in [9.17, 15) is 9.59 Å². The minimum absolute atomic E-state index is 0.0991. The van der Waals surface area contributed by atoms with Crippen molar-refractivity contribution in [2.75, 3.05) is 45.8 Å². The number of rotatable bonds is 5. The lowest BCUT2D eigenvalue weighted by molar-refractivity contribution is -0.131. The molecule has 0 spiro atoms. The zero-order valence-corrected chi connectivity index (χ0v) is 16.9. The highest BCUT2D eigenvalue weighted by Crippen LogP contribution is 2.18. The fourth-order valence-electron chi connectivity index (χ4n) is 4.24. The Morgan fingerprint density at radius 2 is 1.38 bits per heavy atom. The first-order valence-electron chi connectivity index (χ1n) is 10.6. The highest BCUT2D eigenvalue weighted by atomic mass is 16.2. The van der Waals surface area contributed by atoms with Crippen LogP contribution >= 0.6 is 0 Å². The van der Waals surface area contributed by atoms with E-state index >= 15 is 0 Å². The van der Waals surface area contributed by atoms with Gasteiger partial charge in [0.2, 0.25) is 5.91 Å². The van der Waals surface area contributed by atoms with Crippen molar-refractivity contribution in [2.45, 2.75) is 19.3 Å². The van der Waals surface area contributed by atoms with Gasteiger partial charge in [0.15, 0.2) is 0 Å². The fraction of sp³-hybridized carbons (Fsp3) is 0.417. The van der Waals surface area contributed by atoms with Crippen molar-refractivity contribution in [2.24, 2.45) is 0 Å². The molecule has 5 nitrogen and oxygen atoms in total. The summed E-state index contributed by atoms with van der Waals surface area (Å²) in [5.41, 5.74) is 3.06. The number of likely N-dealkylation sites (tertiary alicyclic amines) is 1. The van der Waals surface area contributed by atoms with Gasteiger partial charge in [-0.2, -0.15) is 0 Å². The SMILES string of the molecule is O=C(CN1CCN(C(=O)c2ccccc2Cc2ccccc2)CC1)N1CCCC1. The highest BCUT2D eigenvalue weighted by Gasteiger charge is 2.26. The molecular formula is C24H29N3O2. The molecule has 2 saturated heterocycles. The molecule has 0 aliphatic carbocycles. The van der Waals surface area contributed by atoms with E-state index in [1.165, 1.54) is 5.56 Å². The molecule has 2 aromatic carbocycles. The maximum Gasteiger partial charge on any atom is 0.254 e. The number of amides is 2. The number of hydrogen-bond donors (Lipinski definition) is 0. The summed E-state index contributed by atoms with van der Waals surface area (Å²) >= 11 is 0. The molecule has 152 valence electrons. The van der Waals surface area contributed by atoms with E-state index in [0.717, 1.165) is 56.6 Å². The summed E-state index contributed by atoms with van der Waals surface area (Å²) in [5.74, 6) is 0.331. The molecule has 0 bridgehead atoms. The second-order valence-corrected chi connectivity index (χ2v) is 7.98. The Labute approximate surface area is 172 Å². The van der Waals surface area contributed by atoms with Gasteiger partial charge in [0.1, 0.15) is 0 Å². The van der Waals surface area contributed by atoms with Gasteiger partial charge in [0.05, 0.1) is 6.54 Å². The number of hydrogen-bond acceptors (Lipinski definition) is 3. The van der Waals surface area contributed by atoms with Crippen molar-refractivity contribution < 1.29 is 9.59 Å². The Balaban J connectivity index is 1.35. The summed E-state index contributed by atoms with van der Waals surface area (Å²) in [6.45, 7) is 5.13. The van der Waals surface area contributed by atoms with Crippen LogP contribution < -0.4 is 0 Å². The van der Waals surface area contributed by atoms with E-state index < -0.39 is 0 Å². The monoisotopic (exact) mass is 391 g/mol. The molecule has 29 heavy (non-hydrogen) atoms. The average Bonchev–Trinajstić information content (AvgIpc) is 3.30. The Kier molecular flexibility index (Phi) is 6.25. The predicted molar refractivity (Wildman–Crippen MR) is 114 cm³/mol. The van der Waals surface area contributed by atoms with Crippen LogP contribution in [0.25, 0.3) is 0 Å². The molecule has 4 rings (SSSR count). The van der Waals surface area contributed by atoms with E-state index in [1.54, 1.807) is 0 Å². The van der Waals surface area contributed by atoms with Crippen molar-refractivity contribution in [3.05, 3.63) is 71.3 Å². The van der Waals surface area contributed by atoms with Crippen LogP contribution in [0.2, 0.25) is 0 Å². The van der Waals surface area contributed by atoms with E-state index in [1.807, 2.05) is 52.3 Å². The van der Waals surface area contributed by atoms with Crippen LogP contribution in [0.1, 0.15) is 34.3 Å². The lowest BCUT2D eigenvalue weighted by Crippen LogP contribution is -2.51. The normalized spacial score (nSPS) is 17.5. The van der Waals surface area contributed by atoms with Gasteiger partial charge in [-0.15, -0.1) is 0 Å². The van der Waals surface area contributed by atoms with Crippen LogP contribution in [0.4, 0.5) is 0 Å². The number of nitrogens with zero attached hydrogens (tertiary/aromatic N) is 3. The number of benzene rings is 2. The van der Waals surface area contributed by atoms with Crippen LogP contribution in [0, 0.1) is 0 Å². The molecule has 0 N–H and O–H groups in total. The Morgan fingerprint density at radius 1 is 0.724 bits per heavy atom. The Hall–Kier alpha value is -2.66. The van der Waals surface area contributed by atoms with E-state index in [-0.39, 0.29) is 11.8 Å². The molecule has 0 saturated carbocycles. The molecule has 2 fully saturated rings. The molecule has 2 amide bonds. The second-order valence-electron chi connectivity index (χ2n) is 7.98. The van der Waals surface area contributed by atoms with Crippen molar-refractivity contribution in [3.63, 3.8) is 0 Å². The van der Waals surface area contributed by atoms with Crippen LogP contribution in [0.5, 0.6) is 0 Å². The van der Waals surface area contributed by atoms with Gasteiger partial charge in [-0.25, -0.2) is 0 Å². The molecule has 0 unspecified atom stereocenters. The molecule has 0 aromatic heterocycles. The van der Waals surface area contributed by atoms with E-state index in [2.05, 4.69) is 17.0 Å². The maximum absolute atomic E-state index is 13.2. The van der Waals surface area contributed by atoms with Crippen molar-refractivity contribution >= 4 is 11.8 Å². The van der Waals surface area contributed by atoms with Gasteiger partial charge in [-0.3, -0.25) is 14.5 Å². The minimum atomic E-state index is 0.0991. The topological polar surface area (TPSA) is 43.9 Å². The molecule has 0 atom stereocenters. The summed E-state index contributed by atoms with van der Waals surface area (Å²) in [6, 6.07) is 18.2. The zero-order valence-electron chi connectivity index (χ0n) is 16.9. The molecular weight excluding hydrogens is 362 g/mol. The van der Waals surface area contributed by atoms with Gasteiger partial charge in [0, 0.05) is 44.8 Å². The lowest BCUT2D eigenvalue weighted by Gasteiger charge is -2.35. The second kappa shape index (κ2) is 9.23. The summed E-state index contributed by atoms with van der Waals surface area (Å²) in [7, 11) is 0. The first-order valence-corrected chi connectivity index (χ1v) is 10.6. The highest BCUT2D eigenvalue weighted by molar-refractivity contribution is 5.96. The van der Waals surface area contributed by atoms with Crippen LogP contribution in [-0.4, -0.2) is 72.3 Å². The van der Waals surface area contributed by atoms with Gasteiger partial charge in [0.25, 0.3) is 5.91 Å². The fourth-order valence-corrected chi connectivity index (χ4v) is 4.24. The molecule has 2 aliphatic heterocycles. The van der Waals surface area contributed by atoms with Gasteiger partial charge >= 0.3 is 0 Å². The number of piperazine rings is 1. The molecule has 2 aliphatic rings. The zero-order chi connectivity index (χ0) is 20.1. The average molecular weight is 392 g/mol. The third-order valence-electron chi connectivity index (χ3n) is 5.96. The molecule has 2 heterocycles. The maximum atomic E-state index is 13.2. The van der Waals surface area contributed by atoms with Gasteiger partial charge in [-0.05, 0) is 36.5 Å². The molecule has 5 heteroatoms. The van der Waals surface area contributed by atoms with Crippen molar-refractivity contribution in [1.29, 1.82) is 0 Å². The van der Waals surface area contributed by atoms with Crippen molar-refractivity contribution in [1.82, 2.24) is 14.7 Å². The van der Waals surface area contributed by atoms with Crippen molar-refractivity contribution in [3.8, 4) is 0 Å². The summed E-state index contributed by atoms with van der Waals surface area (Å²) in [4.78, 5) is 31.6. The smallest absolute Gasteiger partial charge is 0.254 e. The third kappa shape index (κ3) is 4.85. The third-order valence-corrected chi connectivity index (χ3v) is 5.96. The quantitative estimate of drug-likeness (QED) is 0.787. The Bertz CT molecular complexity index is 838. The van der Waals surface area contributed by atoms with E-state index in [0.29, 0.717) is 19.6 Å². The summed E-state index contributed by atoms with van der Waals surface area (Å²) in [5, 5.41) is 0. The Morgan fingerprint density at radius 3 is 2.10 bits per heavy atom. The lowest BCUT2D eigenvalue weighted by atomic mass is 9.99. The molecule has 0 radical (unpaired) electrons. The van der Waals surface area contributed by atoms with Gasteiger partial charge < -0.3 is 9.80 Å². The standard InChI is InChI=1S/C24H29N3O2/c28-23(26-12-6-7-13-26)19-25-14-16-27(17-15-25)24(29)22-11-5-4-10-21(22)18-20-8-2-1-3-9-20/h1-5,8-11H,6-7,12-19H2. The van der Waals surface area contributed by atoms with Crippen LogP contribution in [0.3, 0.4) is 0 Å². The number of carbonyl (C=O) groups is 2. The molecule has 2 aromatic rings. The minimum Gasteiger partial charge on any atom is -0.342 e. The van der Waals surface area contributed by atoms with Gasteiger partial charge in [-0.1, -0.05) is 48.5 Å². The largest absolute Gasteiger partial charge is 0.342 e.